The monoisotopic (exact) mass is 416 g/mol. The van der Waals surface area contributed by atoms with Gasteiger partial charge in [-0.2, -0.15) is 4.31 Å². The summed E-state index contributed by atoms with van der Waals surface area (Å²) in [5, 5.41) is 2.68. The van der Waals surface area contributed by atoms with Gasteiger partial charge in [-0.3, -0.25) is 4.79 Å². The zero-order chi connectivity index (χ0) is 20.6. The van der Waals surface area contributed by atoms with Crippen molar-refractivity contribution in [3.63, 3.8) is 0 Å². The molecule has 0 heterocycles. The topological polar surface area (TPSA) is 92.8 Å². The summed E-state index contributed by atoms with van der Waals surface area (Å²) in [6.45, 7) is 7.40. The van der Waals surface area contributed by atoms with Gasteiger partial charge in [-0.25, -0.2) is 13.2 Å². The molecule has 7 nitrogen and oxygen atoms in total. The highest BCUT2D eigenvalue weighted by molar-refractivity contribution is 7.89. The Morgan fingerprint density at radius 2 is 1.89 bits per heavy atom. The van der Waals surface area contributed by atoms with Crippen molar-refractivity contribution in [3.05, 3.63) is 35.4 Å². The van der Waals surface area contributed by atoms with Crippen LogP contribution in [0.5, 0.6) is 0 Å². The number of allylic oxidation sites excluding steroid dienone is 1. The minimum atomic E-state index is -3.70. The average molecular weight is 417 g/mol. The van der Waals surface area contributed by atoms with Crippen LogP contribution in [-0.2, 0) is 24.3 Å². The summed E-state index contributed by atoms with van der Waals surface area (Å²) in [6.07, 6.45) is 2.46. The molecule has 0 aliphatic carbocycles. The molecule has 1 atom stereocenters. The molecular weight excluding hydrogens is 392 g/mol. The van der Waals surface area contributed by atoms with E-state index in [1.54, 1.807) is 19.9 Å². The molecule has 0 aliphatic heterocycles. The summed E-state index contributed by atoms with van der Waals surface area (Å²) in [6, 6.07) is 4.07. The van der Waals surface area contributed by atoms with Gasteiger partial charge in [0.25, 0.3) is 5.91 Å². The first kappa shape index (κ1) is 23.1. The second kappa shape index (κ2) is 10.4. The molecule has 27 heavy (non-hydrogen) atoms. The summed E-state index contributed by atoms with van der Waals surface area (Å²) < 4.78 is 31.5. The SMILES string of the molecule is CC/C=C/C(=O)OC(C)C(=O)Nc1cc(S(=O)(=O)N(CC)CC)ccc1Cl. The van der Waals surface area contributed by atoms with Crippen molar-refractivity contribution in [1.82, 2.24) is 4.31 Å². The van der Waals surface area contributed by atoms with E-state index in [-0.39, 0.29) is 15.6 Å². The number of hydrogen-bond donors (Lipinski definition) is 1. The van der Waals surface area contributed by atoms with Gasteiger partial charge >= 0.3 is 5.97 Å². The maximum atomic E-state index is 12.6. The van der Waals surface area contributed by atoms with E-state index in [1.165, 1.54) is 35.5 Å². The number of rotatable bonds is 9. The first-order chi connectivity index (χ1) is 12.7. The number of benzene rings is 1. The molecule has 0 spiro atoms. The predicted octanol–water partition coefficient (Wildman–Crippen LogP) is 3.21. The van der Waals surface area contributed by atoms with Crippen LogP contribution < -0.4 is 5.32 Å². The Balaban J connectivity index is 2.99. The molecule has 0 saturated heterocycles. The molecule has 0 radical (unpaired) electrons. The number of nitrogens with zero attached hydrogens (tertiary/aromatic N) is 1. The van der Waals surface area contributed by atoms with Gasteiger partial charge in [0.1, 0.15) is 0 Å². The van der Waals surface area contributed by atoms with Crippen LogP contribution in [0, 0.1) is 0 Å². The number of hydrogen-bond acceptors (Lipinski definition) is 5. The minimum Gasteiger partial charge on any atom is -0.449 e. The highest BCUT2D eigenvalue weighted by Gasteiger charge is 2.24. The lowest BCUT2D eigenvalue weighted by Crippen LogP contribution is -2.31. The number of anilines is 1. The molecular formula is C18H25ClN2O5S. The zero-order valence-corrected chi connectivity index (χ0v) is 17.4. The van der Waals surface area contributed by atoms with Crippen LogP contribution in [0.15, 0.2) is 35.2 Å². The number of esters is 1. The number of nitrogens with one attached hydrogen (secondary N) is 1. The van der Waals surface area contributed by atoms with Crippen molar-refractivity contribution in [2.75, 3.05) is 18.4 Å². The lowest BCUT2D eigenvalue weighted by molar-refractivity contribution is -0.148. The average Bonchev–Trinajstić information content (AvgIpc) is 2.62. The summed E-state index contributed by atoms with van der Waals surface area (Å²) in [7, 11) is -3.70. The number of carbonyl (C=O) groups is 2. The highest BCUT2D eigenvalue weighted by atomic mass is 35.5. The van der Waals surface area contributed by atoms with Crippen molar-refractivity contribution in [2.45, 2.75) is 45.1 Å². The van der Waals surface area contributed by atoms with Gasteiger partial charge in [-0.15, -0.1) is 0 Å². The van der Waals surface area contributed by atoms with Gasteiger partial charge in [-0.05, 0) is 31.5 Å². The Kier molecular flexibility index (Phi) is 8.95. The molecule has 150 valence electrons. The molecule has 1 N–H and O–H groups in total. The maximum Gasteiger partial charge on any atom is 0.331 e. The van der Waals surface area contributed by atoms with Crippen molar-refractivity contribution in [3.8, 4) is 0 Å². The second-order valence-electron chi connectivity index (χ2n) is 5.61. The molecule has 0 saturated carbocycles. The first-order valence-corrected chi connectivity index (χ1v) is 10.5. The van der Waals surface area contributed by atoms with Gasteiger partial charge < -0.3 is 10.1 Å². The maximum absolute atomic E-state index is 12.6. The third-order valence-corrected chi connectivity index (χ3v) is 6.07. The molecule has 0 aromatic heterocycles. The van der Waals surface area contributed by atoms with E-state index in [2.05, 4.69) is 5.32 Å². The van der Waals surface area contributed by atoms with Gasteiger partial charge in [0.05, 0.1) is 15.6 Å². The van der Waals surface area contributed by atoms with Gasteiger partial charge in [0.2, 0.25) is 10.0 Å². The minimum absolute atomic E-state index is 0.0152. The Bertz CT molecular complexity index is 804. The number of carbonyl (C=O) groups excluding carboxylic acids is 2. The summed E-state index contributed by atoms with van der Waals surface area (Å²) in [4.78, 5) is 23.8. The van der Waals surface area contributed by atoms with Crippen molar-refractivity contribution >= 4 is 39.2 Å². The molecule has 0 bridgehead atoms. The normalized spacial score (nSPS) is 13.0. The molecule has 1 aromatic carbocycles. The first-order valence-electron chi connectivity index (χ1n) is 8.65. The number of halogens is 1. The fraction of sp³-hybridized carbons (Fsp3) is 0.444. The van der Waals surface area contributed by atoms with Crippen LogP contribution >= 0.6 is 11.6 Å². The summed E-state index contributed by atoms with van der Waals surface area (Å²) >= 11 is 6.07. The Morgan fingerprint density at radius 3 is 2.44 bits per heavy atom. The largest absolute Gasteiger partial charge is 0.449 e. The number of ether oxygens (including phenoxy) is 1. The van der Waals surface area contributed by atoms with E-state index in [9.17, 15) is 18.0 Å². The van der Waals surface area contributed by atoms with E-state index < -0.39 is 28.0 Å². The molecule has 0 aliphatic rings. The van der Waals surface area contributed by atoms with Gasteiger partial charge in [0.15, 0.2) is 6.10 Å². The van der Waals surface area contributed by atoms with Gasteiger partial charge in [0, 0.05) is 19.2 Å². The third kappa shape index (κ3) is 6.34. The van der Waals surface area contributed by atoms with Crippen LogP contribution in [0.4, 0.5) is 5.69 Å². The molecule has 9 heteroatoms. The number of amides is 1. The van der Waals surface area contributed by atoms with Crippen molar-refractivity contribution in [1.29, 1.82) is 0 Å². The van der Waals surface area contributed by atoms with Crippen LogP contribution in [-0.4, -0.2) is 43.8 Å². The van der Waals surface area contributed by atoms with Crippen LogP contribution in [0.25, 0.3) is 0 Å². The van der Waals surface area contributed by atoms with Crippen molar-refractivity contribution < 1.29 is 22.7 Å². The van der Waals surface area contributed by atoms with Crippen LogP contribution in [0.2, 0.25) is 5.02 Å². The van der Waals surface area contributed by atoms with E-state index in [1.807, 2.05) is 6.92 Å². The highest BCUT2D eigenvalue weighted by Crippen LogP contribution is 2.27. The lowest BCUT2D eigenvalue weighted by Gasteiger charge is -2.19. The third-order valence-electron chi connectivity index (χ3n) is 3.69. The van der Waals surface area contributed by atoms with E-state index in [0.29, 0.717) is 19.5 Å². The fourth-order valence-electron chi connectivity index (χ4n) is 2.19. The molecule has 1 aromatic rings. The molecule has 0 fully saturated rings. The van der Waals surface area contributed by atoms with E-state index in [0.717, 1.165) is 0 Å². The van der Waals surface area contributed by atoms with Crippen LogP contribution in [0.3, 0.4) is 0 Å². The predicted molar refractivity (Wildman–Crippen MR) is 105 cm³/mol. The molecule has 1 amide bonds. The van der Waals surface area contributed by atoms with Gasteiger partial charge in [-0.1, -0.05) is 38.4 Å². The molecule has 1 rings (SSSR count). The zero-order valence-electron chi connectivity index (χ0n) is 15.9. The standard InChI is InChI=1S/C18H25ClN2O5S/c1-5-8-9-17(22)26-13(4)18(23)20-16-12-14(10-11-15(16)19)27(24,25)21(6-2)7-3/h8-13H,5-7H2,1-4H3,(H,20,23)/b9-8+. The Morgan fingerprint density at radius 1 is 1.26 bits per heavy atom. The van der Waals surface area contributed by atoms with Crippen LogP contribution in [0.1, 0.15) is 34.1 Å². The molecule has 1 unspecified atom stereocenters. The number of sulfonamides is 1. The Hall–Kier alpha value is -1.90. The summed E-state index contributed by atoms with van der Waals surface area (Å²) in [5.41, 5.74) is 0.127. The quantitative estimate of drug-likeness (QED) is 0.492. The lowest BCUT2D eigenvalue weighted by atomic mass is 10.3. The van der Waals surface area contributed by atoms with E-state index in [4.69, 9.17) is 16.3 Å². The Labute approximate surface area is 165 Å². The fourth-order valence-corrected chi connectivity index (χ4v) is 3.84. The summed E-state index contributed by atoms with van der Waals surface area (Å²) in [5.74, 6) is -1.25. The second-order valence-corrected chi connectivity index (χ2v) is 7.96. The van der Waals surface area contributed by atoms with Crippen molar-refractivity contribution in [2.24, 2.45) is 0 Å². The smallest absolute Gasteiger partial charge is 0.331 e. The van der Waals surface area contributed by atoms with E-state index >= 15 is 0 Å².